The van der Waals surface area contributed by atoms with Crippen LogP contribution >= 0.6 is 11.8 Å². The maximum Gasteiger partial charge on any atom is 0.328 e. The van der Waals surface area contributed by atoms with E-state index in [0.717, 1.165) is 48.4 Å². The summed E-state index contributed by atoms with van der Waals surface area (Å²) >= 11 is 1.67. The maximum absolute atomic E-state index is 13.0. The number of aliphatic carboxylic acids is 2. The molecule has 2 heterocycles. The van der Waals surface area contributed by atoms with Crippen LogP contribution in [0.15, 0.2) is 29.2 Å². The van der Waals surface area contributed by atoms with Gasteiger partial charge in [-0.25, -0.2) is 9.59 Å². The molecule has 1 amide bonds. The van der Waals surface area contributed by atoms with Crippen LogP contribution in [-0.4, -0.2) is 59.0 Å². The van der Waals surface area contributed by atoms with Gasteiger partial charge in [0.25, 0.3) is 5.91 Å². The molecule has 2 aliphatic rings. The zero-order valence-electron chi connectivity index (χ0n) is 18.7. The van der Waals surface area contributed by atoms with E-state index in [1.807, 2.05) is 12.3 Å². The van der Waals surface area contributed by atoms with Gasteiger partial charge < -0.3 is 25.6 Å². The van der Waals surface area contributed by atoms with Gasteiger partial charge in [0.05, 0.1) is 5.56 Å². The molecule has 1 saturated heterocycles. The van der Waals surface area contributed by atoms with Crippen molar-refractivity contribution in [3.8, 4) is 5.75 Å². The number of thioether (sulfide) groups is 1. The van der Waals surface area contributed by atoms with E-state index in [1.165, 1.54) is 6.42 Å². The van der Waals surface area contributed by atoms with E-state index in [-0.39, 0.29) is 18.1 Å². The molecular weight excluding hydrogens is 432 g/mol. The zero-order chi connectivity index (χ0) is 23.7. The van der Waals surface area contributed by atoms with Crippen molar-refractivity contribution in [3.05, 3.63) is 35.4 Å². The van der Waals surface area contributed by atoms with Gasteiger partial charge >= 0.3 is 11.9 Å². The van der Waals surface area contributed by atoms with Crippen LogP contribution in [0.2, 0.25) is 0 Å². The van der Waals surface area contributed by atoms with E-state index in [4.69, 9.17) is 14.9 Å². The van der Waals surface area contributed by atoms with Crippen LogP contribution in [0, 0.1) is 0 Å². The smallest absolute Gasteiger partial charge is 0.328 e. The number of hydrogen-bond acceptors (Lipinski definition) is 6. The second-order valence-corrected chi connectivity index (χ2v) is 8.76. The molecule has 3 rings (SSSR count). The van der Waals surface area contributed by atoms with Crippen molar-refractivity contribution in [2.75, 3.05) is 12.8 Å². The third kappa shape index (κ3) is 7.56. The minimum atomic E-state index is -1.26. The molecule has 2 aliphatic heterocycles. The fourth-order valence-electron chi connectivity index (χ4n) is 3.92. The fourth-order valence-corrected chi connectivity index (χ4v) is 4.41. The maximum atomic E-state index is 13.0. The van der Waals surface area contributed by atoms with Gasteiger partial charge in [-0.15, -0.1) is 11.8 Å². The molecule has 4 N–H and O–H groups in total. The Morgan fingerprint density at radius 2 is 1.97 bits per heavy atom. The summed E-state index contributed by atoms with van der Waals surface area (Å²) in [6.07, 6.45) is 8.60. The molecule has 1 fully saturated rings. The van der Waals surface area contributed by atoms with E-state index in [9.17, 15) is 14.4 Å². The number of carbonyl (C=O) groups is 3. The lowest BCUT2D eigenvalue weighted by atomic mass is 10.0. The van der Waals surface area contributed by atoms with Gasteiger partial charge in [0.2, 0.25) is 0 Å². The van der Waals surface area contributed by atoms with Crippen LogP contribution in [0.5, 0.6) is 5.75 Å². The summed E-state index contributed by atoms with van der Waals surface area (Å²) < 4.78 is 5.94. The van der Waals surface area contributed by atoms with Crippen molar-refractivity contribution in [2.24, 2.45) is 0 Å². The largest absolute Gasteiger partial charge is 0.489 e. The van der Waals surface area contributed by atoms with Crippen LogP contribution in [0.4, 0.5) is 0 Å². The summed E-state index contributed by atoms with van der Waals surface area (Å²) in [7, 11) is 0. The molecule has 32 heavy (non-hydrogen) atoms. The van der Waals surface area contributed by atoms with E-state index in [2.05, 4.69) is 30.5 Å². The molecule has 9 heteroatoms. The monoisotopic (exact) mass is 464 g/mol. The van der Waals surface area contributed by atoms with Gasteiger partial charge in [0, 0.05) is 35.6 Å². The molecule has 176 valence electrons. The quantitative estimate of drug-likeness (QED) is 0.342. The second-order valence-electron chi connectivity index (χ2n) is 7.88. The van der Waals surface area contributed by atoms with Gasteiger partial charge in [-0.3, -0.25) is 4.79 Å². The Kier molecular flexibility index (Phi) is 10.1. The molecule has 0 saturated carbocycles. The molecule has 0 radical (unpaired) electrons. The Morgan fingerprint density at radius 3 is 2.50 bits per heavy atom. The number of fused-ring (bicyclic) bond motifs is 1. The first-order valence-corrected chi connectivity index (χ1v) is 12.0. The predicted molar refractivity (Wildman–Crippen MR) is 124 cm³/mol. The van der Waals surface area contributed by atoms with E-state index >= 15 is 0 Å². The van der Waals surface area contributed by atoms with Gasteiger partial charge in [0.1, 0.15) is 11.9 Å². The highest BCUT2D eigenvalue weighted by molar-refractivity contribution is 7.98. The molecule has 1 aromatic carbocycles. The van der Waals surface area contributed by atoms with Crippen LogP contribution in [-0.2, 0) is 16.0 Å². The summed E-state index contributed by atoms with van der Waals surface area (Å²) in [5, 5.41) is 22.4. The number of hydrogen-bond donors (Lipinski definition) is 4. The van der Waals surface area contributed by atoms with E-state index < -0.39 is 11.9 Å². The summed E-state index contributed by atoms with van der Waals surface area (Å²) in [5.74, 6) is -1.73. The number of carboxylic acids is 2. The Hall–Kier alpha value is -2.52. The van der Waals surface area contributed by atoms with Crippen molar-refractivity contribution < 1.29 is 29.3 Å². The molecule has 3 atom stereocenters. The Balaban J connectivity index is 0.000000390. The Labute approximate surface area is 192 Å². The van der Waals surface area contributed by atoms with Crippen molar-refractivity contribution in [1.29, 1.82) is 0 Å². The van der Waals surface area contributed by atoms with Crippen molar-refractivity contribution in [2.45, 2.75) is 69.0 Å². The highest BCUT2D eigenvalue weighted by atomic mass is 32.2. The minimum Gasteiger partial charge on any atom is -0.489 e. The average molecular weight is 465 g/mol. The predicted octanol–water partition coefficient (Wildman–Crippen LogP) is 3.09. The highest BCUT2D eigenvalue weighted by Gasteiger charge is 2.30. The standard InChI is InChI=1S/C19H28N2O2S.C4H4O4/c1-4-6-17(16-7-5-8-20-16)21-19(22)15-11-14(24-3)10-13-9-12(2)23-18(13)15;5-3(6)1-2-4(7)8/h10-12,16-17,20H,4-9H2,1-3H3,(H,21,22);1-2H,(H,5,6)(H,7,8). The third-order valence-electron chi connectivity index (χ3n) is 5.31. The number of nitrogens with one attached hydrogen (secondary N) is 2. The number of ether oxygens (including phenoxy) is 1. The van der Waals surface area contributed by atoms with Gasteiger partial charge in [-0.2, -0.15) is 0 Å². The lowest BCUT2D eigenvalue weighted by Crippen LogP contribution is -2.47. The summed E-state index contributed by atoms with van der Waals surface area (Å²) in [6.45, 7) is 5.28. The third-order valence-corrected chi connectivity index (χ3v) is 6.02. The van der Waals surface area contributed by atoms with Crippen LogP contribution in [0.1, 0.15) is 55.5 Å². The van der Waals surface area contributed by atoms with Crippen molar-refractivity contribution >= 4 is 29.6 Å². The van der Waals surface area contributed by atoms with Crippen molar-refractivity contribution in [3.63, 3.8) is 0 Å². The van der Waals surface area contributed by atoms with Crippen LogP contribution in [0.25, 0.3) is 0 Å². The lowest BCUT2D eigenvalue weighted by molar-refractivity contribution is -0.134. The van der Waals surface area contributed by atoms with E-state index in [0.29, 0.717) is 23.8 Å². The van der Waals surface area contributed by atoms with Gasteiger partial charge in [-0.05, 0) is 56.7 Å². The minimum absolute atomic E-state index is 0.00315. The fraction of sp³-hybridized carbons (Fsp3) is 0.522. The zero-order valence-corrected chi connectivity index (χ0v) is 19.5. The highest BCUT2D eigenvalue weighted by Crippen LogP contribution is 2.36. The molecule has 0 spiro atoms. The first kappa shape index (κ1) is 25.7. The molecule has 3 unspecified atom stereocenters. The molecule has 0 bridgehead atoms. The molecule has 8 nitrogen and oxygen atoms in total. The molecule has 0 aromatic heterocycles. The Morgan fingerprint density at radius 1 is 1.28 bits per heavy atom. The van der Waals surface area contributed by atoms with Crippen LogP contribution < -0.4 is 15.4 Å². The second kappa shape index (κ2) is 12.5. The van der Waals surface area contributed by atoms with E-state index in [1.54, 1.807) is 11.8 Å². The number of carboxylic acid groups (broad SMARTS) is 2. The van der Waals surface area contributed by atoms with Crippen LogP contribution in [0.3, 0.4) is 0 Å². The number of rotatable bonds is 8. The number of carbonyl (C=O) groups excluding carboxylic acids is 1. The first-order chi connectivity index (χ1) is 15.2. The topological polar surface area (TPSA) is 125 Å². The number of benzene rings is 1. The van der Waals surface area contributed by atoms with Gasteiger partial charge in [-0.1, -0.05) is 13.3 Å². The van der Waals surface area contributed by atoms with Gasteiger partial charge in [0.15, 0.2) is 0 Å². The number of amides is 1. The summed E-state index contributed by atoms with van der Waals surface area (Å²) in [4.78, 5) is 33.2. The average Bonchev–Trinajstić information content (AvgIpc) is 3.40. The summed E-state index contributed by atoms with van der Waals surface area (Å²) in [6, 6.07) is 4.72. The normalized spacial score (nSPS) is 20.1. The summed E-state index contributed by atoms with van der Waals surface area (Å²) in [5.41, 5.74) is 1.85. The molecule has 0 aliphatic carbocycles. The van der Waals surface area contributed by atoms with Crippen molar-refractivity contribution in [1.82, 2.24) is 10.6 Å². The Bertz CT molecular complexity index is 835. The molecular formula is C23H32N2O6S. The SMILES string of the molecule is CCCC(NC(=O)c1cc(SC)cc2c1OC(C)C2)C1CCCN1.O=C(O)C=CC(=O)O. The first-order valence-electron chi connectivity index (χ1n) is 10.8. The lowest BCUT2D eigenvalue weighted by Gasteiger charge is -2.25. The molecule has 1 aromatic rings.